The van der Waals surface area contributed by atoms with E-state index in [1.807, 2.05) is 37.3 Å². The normalized spacial score (nSPS) is 16.6. The van der Waals surface area contributed by atoms with E-state index >= 15 is 0 Å². The number of halogens is 4. The van der Waals surface area contributed by atoms with Crippen LogP contribution in [0, 0.1) is 29.6 Å². The molecule has 0 aliphatic heterocycles. The van der Waals surface area contributed by atoms with Gasteiger partial charge >= 0.3 is 6.18 Å². The summed E-state index contributed by atoms with van der Waals surface area (Å²) < 4.78 is 55.5. The summed E-state index contributed by atoms with van der Waals surface area (Å²) in [5, 5.41) is 1.01. The van der Waals surface area contributed by atoms with Crippen LogP contribution in [0.3, 0.4) is 0 Å². The molecule has 0 amide bonds. The van der Waals surface area contributed by atoms with Crippen LogP contribution in [0.5, 0.6) is 0 Å². The molecule has 1 saturated carbocycles. The predicted molar refractivity (Wildman–Crippen MR) is 142 cm³/mol. The quantitative estimate of drug-likeness (QED) is 0.217. The Morgan fingerprint density at radius 2 is 1.81 bits per heavy atom. The molecule has 6 heteroatoms. The summed E-state index contributed by atoms with van der Waals surface area (Å²) in [7, 11) is 0. The van der Waals surface area contributed by atoms with Gasteiger partial charge in [-0.25, -0.2) is 4.39 Å². The van der Waals surface area contributed by atoms with E-state index in [4.69, 9.17) is 4.98 Å². The van der Waals surface area contributed by atoms with Gasteiger partial charge in [-0.2, -0.15) is 13.2 Å². The van der Waals surface area contributed by atoms with Crippen LogP contribution in [0.4, 0.5) is 17.6 Å². The maximum Gasteiger partial charge on any atom is 0.391 e. The molecule has 2 nitrogen and oxygen atoms in total. The lowest BCUT2D eigenvalue weighted by atomic mass is 9.81. The number of fused-ring (bicyclic) bond motifs is 1. The van der Waals surface area contributed by atoms with E-state index in [2.05, 4.69) is 23.3 Å². The largest absolute Gasteiger partial charge is 0.391 e. The van der Waals surface area contributed by atoms with E-state index in [0.717, 1.165) is 65.5 Å². The maximum absolute atomic E-state index is 13.6. The van der Waals surface area contributed by atoms with Crippen molar-refractivity contribution in [2.75, 3.05) is 0 Å². The minimum absolute atomic E-state index is 0.139. The van der Waals surface area contributed by atoms with Gasteiger partial charge in [0.15, 0.2) is 0 Å². The summed E-state index contributed by atoms with van der Waals surface area (Å²) in [5.41, 5.74) is 5.22. The number of rotatable bonds is 8. The molecule has 2 aromatic heterocycles. The number of aromatic nitrogens is 2. The number of hydrogen-bond donors (Lipinski definition) is 0. The van der Waals surface area contributed by atoms with Crippen molar-refractivity contribution in [1.82, 2.24) is 9.55 Å². The number of pyridine rings is 1. The Kier molecular flexibility index (Phi) is 8.31. The smallest absolute Gasteiger partial charge is 0.335 e. The van der Waals surface area contributed by atoms with Gasteiger partial charge in [-0.05, 0) is 67.2 Å². The molecule has 3 unspecified atom stereocenters. The Bertz CT molecular complexity index is 1270. The van der Waals surface area contributed by atoms with Gasteiger partial charge in [-0.15, -0.1) is 0 Å². The Morgan fingerprint density at radius 1 is 1.08 bits per heavy atom. The van der Waals surface area contributed by atoms with E-state index in [9.17, 15) is 17.6 Å². The van der Waals surface area contributed by atoms with Crippen LogP contribution < -0.4 is 0 Å². The highest BCUT2D eigenvalue weighted by atomic mass is 19.4. The van der Waals surface area contributed by atoms with Gasteiger partial charge in [0.1, 0.15) is 6.67 Å². The fourth-order valence-electron chi connectivity index (χ4n) is 5.15. The molecule has 37 heavy (non-hydrogen) atoms. The molecule has 1 aromatic carbocycles. The van der Waals surface area contributed by atoms with Crippen molar-refractivity contribution in [2.45, 2.75) is 85.1 Å². The number of hydrogen-bond acceptors (Lipinski definition) is 1. The van der Waals surface area contributed by atoms with Crippen LogP contribution in [0.25, 0.3) is 22.3 Å². The van der Waals surface area contributed by atoms with E-state index in [1.165, 1.54) is 6.92 Å². The molecule has 1 aliphatic rings. The molecule has 1 aliphatic carbocycles. The third-order valence-electron chi connectivity index (χ3n) is 8.08. The molecule has 0 bridgehead atoms. The number of unbranched alkanes of at least 4 members (excludes halogenated alkanes) is 1. The van der Waals surface area contributed by atoms with Crippen molar-refractivity contribution in [3.05, 3.63) is 53.2 Å². The lowest BCUT2D eigenvalue weighted by molar-refractivity contribution is -0.186. The first-order valence-corrected chi connectivity index (χ1v) is 13.4. The monoisotopic (exact) mass is 512 g/mol. The Labute approximate surface area is 217 Å². The van der Waals surface area contributed by atoms with Gasteiger partial charge in [0.2, 0.25) is 0 Å². The lowest BCUT2D eigenvalue weighted by Gasteiger charge is -2.30. The predicted octanol–water partition coefficient (Wildman–Crippen LogP) is 9.06. The van der Waals surface area contributed by atoms with E-state index in [-0.39, 0.29) is 5.92 Å². The first-order chi connectivity index (χ1) is 17.7. The summed E-state index contributed by atoms with van der Waals surface area (Å²) in [6.45, 7) is 6.39. The molecule has 0 radical (unpaired) electrons. The highest BCUT2D eigenvalue weighted by Crippen LogP contribution is 2.42. The van der Waals surface area contributed by atoms with E-state index < -0.39 is 24.7 Å². The number of benzene rings is 1. The number of alkyl halides is 4. The summed E-state index contributed by atoms with van der Waals surface area (Å²) in [5.74, 6) is 4.69. The summed E-state index contributed by atoms with van der Waals surface area (Å²) in [4.78, 5) is 4.80. The second-order valence-electron chi connectivity index (χ2n) is 10.6. The van der Waals surface area contributed by atoms with Crippen molar-refractivity contribution in [1.29, 1.82) is 0 Å². The average molecular weight is 513 g/mol. The van der Waals surface area contributed by atoms with Crippen molar-refractivity contribution in [2.24, 2.45) is 17.8 Å². The lowest BCUT2D eigenvalue weighted by Crippen LogP contribution is -2.30. The Hall–Kier alpha value is -2.81. The van der Waals surface area contributed by atoms with Crippen molar-refractivity contribution in [3.8, 4) is 23.2 Å². The highest BCUT2D eigenvalue weighted by molar-refractivity contribution is 5.95. The zero-order chi connectivity index (χ0) is 26.7. The standard InChI is InChI=1S/C31H36F4N2/c1-5-6-7-11-27-26-14-12-23(18-32)17-29(26)37(25-9-8-10-25)30(27)28-15-13-24(19-36-28)16-20(2)21(3)22(4)31(33,34)35/h12-15,17,19-22,25H,5-6,8-10,16,18H2,1-4H3. The van der Waals surface area contributed by atoms with Crippen molar-refractivity contribution < 1.29 is 17.6 Å². The van der Waals surface area contributed by atoms with Gasteiger partial charge in [0, 0.05) is 24.0 Å². The van der Waals surface area contributed by atoms with Gasteiger partial charge < -0.3 is 4.57 Å². The van der Waals surface area contributed by atoms with Crippen LogP contribution >= 0.6 is 0 Å². The summed E-state index contributed by atoms with van der Waals surface area (Å²) >= 11 is 0. The van der Waals surface area contributed by atoms with Crippen LogP contribution in [0.2, 0.25) is 0 Å². The Balaban J connectivity index is 1.73. The zero-order valence-corrected chi connectivity index (χ0v) is 22.1. The molecule has 0 N–H and O–H groups in total. The molecule has 2 heterocycles. The fourth-order valence-corrected chi connectivity index (χ4v) is 5.15. The third kappa shape index (κ3) is 5.71. The van der Waals surface area contributed by atoms with E-state index in [1.54, 1.807) is 13.1 Å². The Morgan fingerprint density at radius 3 is 2.38 bits per heavy atom. The van der Waals surface area contributed by atoms with E-state index in [0.29, 0.717) is 18.0 Å². The third-order valence-corrected chi connectivity index (χ3v) is 8.08. The zero-order valence-electron chi connectivity index (χ0n) is 22.1. The summed E-state index contributed by atoms with van der Waals surface area (Å²) in [6.07, 6.45) is 3.15. The molecule has 3 aromatic rings. The van der Waals surface area contributed by atoms with Crippen LogP contribution in [0.1, 0.15) is 82.5 Å². The van der Waals surface area contributed by atoms with Crippen molar-refractivity contribution in [3.63, 3.8) is 0 Å². The molecule has 0 spiro atoms. The molecule has 4 rings (SSSR count). The molecule has 198 valence electrons. The van der Waals surface area contributed by atoms with Gasteiger partial charge in [-0.1, -0.05) is 57.7 Å². The highest BCUT2D eigenvalue weighted by Gasteiger charge is 2.41. The minimum atomic E-state index is -4.19. The van der Waals surface area contributed by atoms with Crippen molar-refractivity contribution >= 4 is 10.9 Å². The van der Waals surface area contributed by atoms with Gasteiger partial charge in [0.05, 0.1) is 28.4 Å². The fraction of sp³-hybridized carbons (Fsp3) is 0.516. The van der Waals surface area contributed by atoms with Crippen LogP contribution in [-0.4, -0.2) is 15.7 Å². The van der Waals surface area contributed by atoms with Crippen LogP contribution in [-0.2, 0) is 13.1 Å². The summed E-state index contributed by atoms with van der Waals surface area (Å²) in [6, 6.07) is 9.98. The maximum atomic E-state index is 13.6. The molecular formula is C31H36F4N2. The molecule has 0 saturated heterocycles. The molecule has 1 fully saturated rings. The second-order valence-corrected chi connectivity index (χ2v) is 10.6. The number of nitrogens with zero attached hydrogens (tertiary/aromatic N) is 2. The van der Waals surface area contributed by atoms with Gasteiger partial charge in [0.25, 0.3) is 0 Å². The second kappa shape index (κ2) is 11.3. The minimum Gasteiger partial charge on any atom is -0.335 e. The average Bonchev–Trinajstić information content (AvgIpc) is 3.15. The topological polar surface area (TPSA) is 17.8 Å². The molecule has 3 atom stereocenters. The van der Waals surface area contributed by atoms with Crippen LogP contribution in [0.15, 0.2) is 36.5 Å². The first kappa shape index (κ1) is 27.2. The molecular weight excluding hydrogens is 476 g/mol. The van der Waals surface area contributed by atoms with Gasteiger partial charge in [-0.3, -0.25) is 4.98 Å². The SMILES string of the molecule is CCCC#Cc1c(-c2ccc(CC(C)C(C)C(C)C(F)(F)F)cn2)n(C2CCC2)c2cc(CF)ccc12. The first-order valence-electron chi connectivity index (χ1n) is 13.4.